The van der Waals surface area contributed by atoms with Gasteiger partial charge in [-0.25, -0.2) is 4.98 Å². The summed E-state index contributed by atoms with van der Waals surface area (Å²) in [5.41, 5.74) is 1.82. The molecule has 0 amide bonds. The van der Waals surface area contributed by atoms with Crippen LogP contribution in [0.1, 0.15) is 29.7 Å². The number of nitrogens with zero attached hydrogens (tertiary/aromatic N) is 3. The van der Waals surface area contributed by atoms with Crippen molar-refractivity contribution in [2.75, 3.05) is 13.2 Å². The van der Waals surface area contributed by atoms with Gasteiger partial charge in [-0.2, -0.15) is 4.98 Å². The van der Waals surface area contributed by atoms with Crippen LogP contribution in [0.4, 0.5) is 0 Å². The van der Waals surface area contributed by atoms with Gasteiger partial charge in [-0.1, -0.05) is 17.3 Å². The fourth-order valence-corrected chi connectivity index (χ4v) is 2.74. The van der Waals surface area contributed by atoms with E-state index in [1.807, 2.05) is 24.3 Å². The number of H-pyrrole nitrogens is 1. The zero-order valence-electron chi connectivity index (χ0n) is 12.5. The first kappa shape index (κ1) is 14.1. The van der Waals surface area contributed by atoms with Gasteiger partial charge in [0.25, 0.3) is 5.56 Å². The van der Waals surface area contributed by atoms with Gasteiger partial charge in [0.2, 0.25) is 5.89 Å². The second kappa shape index (κ2) is 5.92. The first-order valence-electron chi connectivity index (χ1n) is 7.68. The molecular weight excluding hydrogens is 296 g/mol. The maximum Gasteiger partial charge on any atom is 0.270 e. The summed E-state index contributed by atoms with van der Waals surface area (Å²) in [6.45, 7) is 1.38. The lowest BCUT2D eigenvalue weighted by Gasteiger charge is -2.01. The van der Waals surface area contributed by atoms with E-state index in [4.69, 9.17) is 9.26 Å². The van der Waals surface area contributed by atoms with Gasteiger partial charge in [0.1, 0.15) is 5.69 Å². The minimum atomic E-state index is -0.173. The highest BCUT2D eigenvalue weighted by molar-refractivity contribution is 5.73. The lowest BCUT2D eigenvalue weighted by atomic mass is 10.1. The number of aryl methyl sites for hydroxylation is 2. The standard InChI is InChI=1S/C16H16N4O3/c21-16-13(17-11-3-1-2-4-12(11)18-16)5-6-14-19-15(20-23-14)10-7-8-22-9-10/h1-4,10H,5-9H2,(H,18,21)/t10-/m1/s1. The molecule has 1 saturated heterocycles. The van der Waals surface area contributed by atoms with E-state index in [0.717, 1.165) is 24.1 Å². The number of ether oxygens (including phenoxy) is 1. The summed E-state index contributed by atoms with van der Waals surface area (Å²) in [5, 5.41) is 4.01. The zero-order valence-corrected chi connectivity index (χ0v) is 12.5. The Morgan fingerprint density at radius 1 is 1.22 bits per heavy atom. The molecule has 4 rings (SSSR count). The number of hydrogen-bond acceptors (Lipinski definition) is 6. The Kier molecular flexibility index (Phi) is 3.63. The van der Waals surface area contributed by atoms with Crippen LogP contribution < -0.4 is 5.56 Å². The monoisotopic (exact) mass is 312 g/mol. The summed E-state index contributed by atoms with van der Waals surface area (Å²) in [7, 11) is 0. The molecule has 2 aromatic heterocycles. The highest BCUT2D eigenvalue weighted by Crippen LogP contribution is 2.22. The molecule has 0 bridgehead atoms. The maximum absolute atomic E-state index is 12.1. The molecule has 7 nitrogen and oxygen atoms in total. The predicted octanol–water partition coefficient (Wildman–Crippen LogP) is 1.60. The SMILES string of the molecule is O=c1[nH]c2ccccc2nc1CCc1nc([C@@H]2CCOC2)no1. The average molecular weight is 312 g/mol. The Labute approximate surface area is 131 Å². The van der Waals surface area contributed by atoms with Crippen molar-refractivity contribution in [1.82, 2.24) is 20.1 Å². The number of nitrogens with one attached hydrogen (secondary N) is 1. The molecule has 23 heavy (non-hydrogen) atoms. The molecule has 0 unspecified atom stereocenters. The Balaban J connectivity index is 1.50. The zero-order chi connectivity index (χ0) is 15.6. The van der Waals surface area contributed by atoms with Crippen LogP contribution in [0, 0.1) is 0 Å². The van der Waals surface area contributed by atoms with Gasteiger partial charge in [0, 0.05) is 25.4 Å². The number of fused-ring (bicyclic) bond motifs is 1. The van der Waals surface area contributed by atoms with E-state index < -0.39 is 0 Å². The maximum atomic E-state index is 12.1. The summed E-state index contributed by atoms with van der Waals surface area (Å²) in [5.74, 6) is 1.44. The molecule has 3 aromatic rings. The molecule has 7 heteroatoms. The topological polar surface area (TPSA) is 93.9 Å². The van der Waals surface area contributed by atoms with Crippen molar-refractivity contribution >= 4 is 11.0 Å². The van der Waals surface area contributed by atoms with Gasteiger partial charge < -0.3 is 14.2 Å². The van der Waals surface area contributed by atoms with E-state index in [-0.39, 0.29) is 11.5 Å². The molecular formula is C16H16N4O3. The molecule has 0 saturated carbocycles. The summed E-state index contributed by atoms with van der Waals surface area (Å²) in [6.07, 6.45) is 1.88. The quantitative estimate of drug-likeness (QED) is 0.786. The van der Waals surface area contributed by atoms with E-state index in [1.165, 1.54) is 0 Å². The third-order valence-corrected chi connectivity index (χ3v) is 4.02. The highest BCUT2D eigenvalue weighted by Gasteiger charge is 2.23. The predicted molar refractivity (Wildman–Crippen MR) is 82.2 cm³/mol. The number of aromatic nitrogens is 4. The largest absolute Gasteiger partial charge is 0.381 e. The third kappa shape index (κ3) is 2.87. The van der Waals surface area contributed by atoms with Crippen molar-refractivity contribution in [3.63, 3.8) is 0 Å². The Morgan fingerprint density at radius 3 is 3.00 bits per heavy atom. The van der Waals surface area contributed by atoms with Crippen LogP contribution in [-0.4, -0.2) is 33.3 Å². The molecule has 3 heterocycles. The number of aromatic amines is 1. The van der Waals surface area contributed by atoms with Crippen LogP contribution in [0.15, 0.2) is 33.6 Å². The Morgan fingerprint density at radius 2 is 2.13 bits per heavy atom. The molecule has 1 aliphatic heterocycles. The molecule has 1 aliphatic rings. The molecule has 0 aliphatic carbocycles. The normalized spacial score (nSPS) is 17.8. The van der Waals surface area contributed by atoms with Crippen molar-refractivity contribution in [2.24, 2.45) is 0 Å². The lowest BCUT2D eigenvalue weighted by Crippen LogP contribution is -2.16. The van der Waals surface area contributed by atoms with E-state index in [1.54, 1.807) is 0 Å². The fraction of sp³-hybridized carbons (Fsp3) is 0.375. The van der Waals surface area contributed by atoms with E-state index in [2.05, 4.69) is 20.1 Å². The summed E-state index contributed by atoms with van der Waals surface area (Å²) in [6, 6.07) is 7.47. The van der Waals surface area contributed by atoms with Gasteiger partial charge in [0.15, 0.2) is 5.82 Å². The van der Waals surface area contributed by atoms with Gasteiger partial charge in [-0.05, 0) is 18.6 Å². The van der Waals surface area contributed by atoms with Crippen LogP contribution in [0.3, 0.4) is 0 Å². The van der Waals surface area contributed by atoms with Crippen molar-refractivity contribution in [3.8, 4) is 0 Å². The highest BCUT2D eigenvalue weighted by atomic mass is 16.5. The number of benzene rings is 1. The molecule has 1 N–H and O–H groups in total. The summed E-state index contributed by atoms with van der Waals surface area (Å²) in [4.78, 5) is 23.7. The lowest BCUT2D eigenvalue weighted by molar-refractivity contribution is 0.192. The van der Waals surface area contributed by atoms with Gasteiger partial charge in [-0.3, -0.25) is 4.79 Å². The summed E-state index contributed by atoms with van der Waals surface area (Å²) >= 11 is 0. The average Bonchev–Trinajstić information content (AvgIpc) is 3.24. The van der Waals surface area contributed by atoms with Crippen molar-refractivity contribution in [1.29, 1.82) is 0 Å². The fourth-order valence-electron chi connectivity index (χ4n) is 2.74. The van der Waals surface area contributed by atoms with E-state index in [9.17, 15) is 4.79 Å². The van der Waals surface area contributed by atoms with Crippen LogP contribution in [0.25, 0.3) is 11.0 Å². The first-order valence-corrected chi connectivity index (χ1v) is 7.68. The number of rotatable bonds is 4. The molecule has 0 spiro atoms. The smallest absolute Gasteiger partial charge is 0.270 e. The molecule has 118 valence electrons. The third-order valence-electron chi connectivity index (χ3n) is 4.02. The summed E-state index contributed by atoms with van der Waals surface area (Å²) < 4.78 is 10.6. The van der Waals surface area contributed by atoms with Crippen LogP contribution in [-0.2, 0) is 17.6 Å². The molecule has 1 atom stereocenters. The van der Waals surface area contributed by atoms with Crippen molar-refractivity contribution in [2.45, 2.75) is 25.2 Å². The molecule has 1 aromatic carbocycles. The first-order chi connectivity index (χ1) is 11.3. The van der Waals surface area contributed by atoms with Gasteiger partial charge in [0.05, 0.1) is 17.6 Å². The minimum absolute atomic E-state index is 0.173. The van der Waals surface area contributed by atoms with Crippen molar-refractivity contribution in [3.05, 3.63) is 52.0 Å². The van der Waals surface area contributed by atoms with Crippen LogP contribution in [0.5, 0.6) is 0 Å². The molecule has 0 radical (unpaired) electrons. The second-order valence-electron chi connectivity index (χ2n) is 5.64. The van der Waals surface area contributed by atoms with Crippen molar-refractivity contribution < 1.29 is 9.26 Å². The van der Waals surface area contributed by atoms with Crippen LogP contribution >= 0.6 is 0 Å². The molecule has 1 fully saturated rings. The minimum Gasteiger partial charge on any atom is -0.381 e. The number of para-hydroxylation sites is 2. The van der Waals surface area contributed by atoms with Crippen LogP contribution in [0.2, 0.25) is 0 Å². The Bertz CT molecular complexity index is 880. The second-order valence-corrected chi connectivity index (χ2v) is 5.64. The van der Waals surface area contributed by atoms with E-state index in [0.29, 0.717) is 36.9 Å². The Hall–Kier alpha value is -2.54. The number of hydrogen-bond donors (Lipinski definition) is 1. The van der Waals surface area contributed by atoms with Gasteiger partial charge >= 0.3 is 0 Å². The van der Waals surface area contributed by atoms with E-state index >= 15 is 0 Å². The van der Waals surface area contributed by atoms with Gasteiger partial charge in [-0.15, -0.1) is 0 Å².